The Bertz CT molecular complexity index is 704. The summed E-state index contributed by atoms with van der Waals surface area (Å²) >= 11 is 0. The third-order valence-electron chi connectivity index (χ3n) is 4.18. The van der Waals surface area contributed by atoms with Crippen LogP contribution in [-0.2, 0) is 5.41 Å². The predicted molar refractivity (Wildman–Crippen MR) is 87.0 cm³/mol. The third-order valence-corrected chi connectivity index (χ3v) is 4.18. The molecule has 0 aliphatic rings. The number of benzene rings is 3. The second-order valence-electron chi connectivity index (χ2n) is 5.51. The molecule has 23 heavy (non-hydrogen) atoms. The molecule has 2 N–H and O–H groups in total. The molecule has 0 aromatic heterocycles. The zero-order valence-corrected chi connectivity index (χ0v) is 14.6. The standard InChI is InChI=1S/C20H17O2.Ho/c1-20(15-5-3-2-4-6-15,16-7-11-18(21)12-8-16)17-9-13-19(22)14-10-17;/h3-14,21-22H,1H3;/q-1;. The molecule has 121 valence electrons. The van der Waals surface area contributed by atoms with E-state index in [2.05, 4.69) is 13.0 Å². The van der Waals surface area contributed by atoms with Crippen LogP contribution in [0.2, 0.25) is 0 Å². The molecule has 3 heteroatoms. The number of rotatable bonds is 3. The number of hydrogen-bond donors (Lipinski definition) is 2. The first-order valence-electron chi connectivity index (χ1n) is 7.16. The van der Waals surface area contributed by atoms with Gasteiger partial charge in [-0.1, -0.05) is 24.3 Å². The molecule has 0 fully saturated rings. The van der Waals surface area contributed by atoms with Gasteiger partial charge in [0.25, 0.3) is 0 Å². The molecule has 2 nitrogen and oxygen atoms in total. The van der Waals surface area contributed by atoms with E-state index < -0.39 is 0 Å². The zero-order chi connectivity index (χ0) is 15.6. The van der Waals surface area contributed by atoms with E-state index >= 15 is 0 Å². The van der Waals surface area contributed by atoms with Gasteiger partial charge in [0.2, 0.25) is 0 Å². The SMILES string of the molecule is CC(c1cc[c-]cc1)(c1ccc(O)cc1)c1ccc(O)cc1.[Ho]. The summed E-state index contributed by atoms with van der Waals surface area (Å²) in [5.41, 5.74) is 2.89. The van der Waals surface area contributed by atoms with Crippen molar-refractivity contribution in [3.05, 3.63) is 95.6 Å². The largest absolute Gasteiger partial charge is 0.508 e. The van der Waals surface area contributed by atoms with Crippen molar-refractivity contribution in [3.63, 3.8) is 0 Å². The Balaban J connectivity index is 0.00000192. The van der Waals surface area contributed by atoms with E-state index in [9.17, 15) is 10.2 Å². The first-order chi connectivity index (χ1) is 10.6. The minimum atomic E-state index is -0.378. The van der Waals surface area contributed by atoms with Crippen LogP contribution < -0.4 is 0 Å². The second kappa shape index (κ2) is 7.39. The molecule has 0 amide bonds. The average molecular weight is 454 g/mol. The molecule has 3 aromatic rings. The minimum absolute atomic E-state index is 0. The topological polar surface area (TPSA) is 40.5 Å². The fourth-order valence-corrected chi connectivity index (χ4v) is 2.81. The van der Waals surface area contributed by atoms with Crippen LogP contribution in [0.4, 0.5) is 0 Å². The van der Waals surface area contributed by atoms with Crippen molar-refractivity contribution in [3.8, 4) is 11.5 Å². The van der Waals surface area contributed by atoms with E-state index in [1.165, 1.54) is 0 Å². The van der Waals surface area contributed by atoms with E-state index in [0.717, 1.165) is 16.7 Å². The van der Waals surface area contributed by atoms with E-state index in [0.29, 0.717) is 0 Å². The van der Waals surface area contributed by atoms with Crippen molar-refractivity contribution in [1.82, 2.24) is 0 Å². The molecule has 3 rings (SSSR count). The van der Waals surface area contributed by atoms with Gasteiger partial charge in [-0.25, -0.2) is 0 Å². The van der Waals surface area contributed by atoms with Gasteiger partial charge in [-0.15, -0.1) is 5.56 Å². The normalized spacial score (nSPS) is 10.8. The summed E-state index contributed by atoms with van der Waals surface area (Å²) in [5, 5.41) is 19.1. The summed E-state index contributed by atoms with van der Waals surface area (Å²) < 4.78 is 0. The second-order valence-corrected chi connectivity index (χ2v) is 5.51. The Morgan fingerprint density at radius 1 is 0.652 bits per heavy atom. The quantitative estimate of drug-likeness (QED) is 0.353. The Kier molecular flexibility index (Phi) is 5.74. The monoisotopic (exact) mass is 454 g/mol. The fourth-order valence-electron chi connectivity index (χ4n) is 2.81. The molecule has 0 atom stereocenters. The minimum Gasteiger partial charge on any atom is -0.508 e. The smallest absolute Gasteiger partial charge is 0.115 e. The summed E-state index contributed by atoms with van der Waals surface area (Å²) in [6.45, 7) is 2.14. The van der Waals surface area contributed by atoms with Gasteiger partial charge in [0, 0.05) is 43.2 Å². The maximum Gasteiger partial charge on any atom is 0.115 e. The molecule has 0 saturated heterocycles. The maximum atomic E-state index is 9.56. The van der Waals surface area contributed by atoms with Crippen molar-refractivity contribution in [1.29, 1.82) is 0 Å². The number of aromatic hydroxyl groups is 2. The first kappa shape index (κ1) is 17.9. The van der Waals surface area contributed by atoms with Crippen LogP contribution in [0.15, 0.2) is 72.8 Å². The zero-order valence-electron chi connectivity index (χ0n) is 12.6. The van der Waals surface area contributed by atoms with Crippen LogP contribution in [0.5, 0.6) is 11.5 Å². The van der Waals surface area contributed by atoms with Crippen molar-refractivity contribution < 1.29 is 48.0 Å². The van der Waals surface area contributed by atoms with Gasteiger partial charge < -0.3 is 10.2 Å². The fraction of sp³-hybridized carbons (Fsp3) is 0.100. The van der Waals surface area contributed by atoms with Gasteiger partial charge in [-0.3, -0.25) is 0 Å². The molecule has 0 spiro atoms. The first-order valence-corrected chi connectivity index (χ1v) is 7.16. The Hall–Kier alpha value is -1.48. The molecule has 0 aliphatic heterocycles. The van der Waals surface area contributed by atoms with Crippen LogP contribution in [0.3, 0.4) is 0 Å². The summed E-state index contributed by atoms with van der Waals surface area (Å²) in [5.74, 6) is 0.497. The van der Waals surface area contributed by atoms with Gasteiger partial charge >= 0.3 is 0 Å². The molecule has 0 unspecified atom stereocenters. The molecule has 0 saturated carbocycles. The van der Waals surface area contributed by atoms with E-state index in [4.69, 9.17) is 0 Å². The number of phenolic OH excluding ortho intramolecular Hbond substituents is 2. The van der Waals surface area contributed by atoms with Crippen molar-refractivity contribution in [2.45, 2.75) is 12.3 Å². The van der Waals surface area contributed by atoms with Crippen LogP contribution in [0.25, 0.3) is 0 Å². The Morgan fingerprint density at radius 3 is 1.39 bits per heavy atom. The summed E-state index contributed by atoms with van der Waals surface area (Å²) in [6, 6.07) is 25.4. The van der Waals surface area contributed by atoms with Gasteiger partial charge in [0.1, 0.15) is 11.5 Å². The van der Waals surface area contributed by atoms with Gasteiger partial charge in [0.15, 0.2) is 0 Å². The van der Waals surface area contributed by atoms with Crippen molar-refractivity contribution in [2.75, 3.05) is 0 Å². The number of hydrogen-bond acceptors (Lipinski definition) is 2. The average Bonchev–Trinajstić information content (AvgIpc) is 2.56. The molecule has 1 radical (unpaired) electrons. The summed E-state index contributed by atoms with van der Waals surface area (Å²) in [6.07, 6.45) is 0. The predicted octanol–water partition coefficient (Wildman–Crippen LogP) is 4.25. The van der Waals surface area contributed by atoms with Crippen LogP contribution in [0.1, 0.15) is 23.6 Å². The molecule has 3 aromatic carbocycles. The molecular formula is C20H17HoO2-. The van der Waals surface area contributed by atoms with E-state index in [-0.39, 0.29) is 54.7 Å². The summed E-state index contributed by atoms with van der Waals surface area (Å²) in [4.78, 5) is 0. The summed E-state index contributed by atoms with van der Waals surface area (Å²) in [7, 11) is 0. The number of phenols is 2. The van der Waals surface area contributed by atoms with Crippen LogP contribution in [0, 0.1) is 43.8 Å². The third kappa shape index (κ3) is 3.55. The molecule has 0 aliphatic carbocycles. The molecule has 0 bridgehead atoms. The van der Waals surface area contributed by atoms with E-state index in [1.807, 2.05) is 48.5 Å². The van der Waals surface area contributed by atoms with Gasteiger partial charge in [-0.2, -0.15) is 30.3 Å². The van der Waals surface area contributed by atoms with Gasteiger partial charge in [0.05, 0.1) is 0 Å². The van der Waals surface area contributed by atoms with Crippen LogP contribution in [-0.4, -0.2) is 10.2 Å². The van der Waals surface area contributed by atoms with Crippen molar-refractivity contribution >= 4 is 0 Å². The van der Waals surface area contributed by atoms with E-state index in [1.54, 1.807) is 24.3 Å². The van der Waals surface area contributed by atoms with Crippen LogP contribution >= 0.6 is 0 Å². The maximum absolute atomic E-state index is 9.56. The molecular weight excluding hydrogens is 437 g/mol. The Morgan fingerprint density at radius 2 is 1.00 bits per heavy atom. The Labute approximate surface area is 166 Å². The molecule has 0 heterocycles. The van der Waals surface area contributed by atoms with Gasteiger partial charge in [-0.05, 0) is 42.3 Å². The van der Waals surface area contributed by atoms with Crippen molar-refractivity contribution in [2.24, 2.45) is 0 Å².